The van der Waals surface area contributed by atoms with Crippen LogP contribution in [0.2, 0.25) is 5.02 Å². The average molecular weight is 502 g/mol. The van der Waals surface area contributed by atoms with E-state index in [4.69, 9.17) is 11.6 Å². The van der Waals surface area contributed by atoms with Crippen LogP contribution in [0.25, 0.3) is 0 Å². The highest BCUT2D eigenvalue weighted by molar-refractivity contribution is 8.14. The molecule has 4 rings (SSSR count). The van der Waals surface area contributed by atoms with Crippen LogP contribution in [0.5, 0.6) is 0 Å². The van der Waals surface area contributed by atoms with Crippen molar-refractivity contribution in [3.05, 3.63) is 70.2 Å². The molecular weight excluding hydrogens is 474 g/mol. The number of nitrogens with one attached hydrogen (secondary N) is 1. The molecule has 2 heterocycles. The molecule has 2 unspecified atom stereocenters. The number of amides is 2. The zero-order valence-electron chi connectivity index (χ0n) is 18.9. The van der Waals surface area contributed by atoms with Crippen LogP contribution in [0.1, 0.15) is 48.5 Å². The van der Waals surface area contributed by atoms with E-state index in [1.807, 2.05) is 43.3 Å². The summed E-state index contributed by atoms with van der Waals surface area (Å²) in [7, 11) is 0. The maximum absolute atomic E-state index is 12.9. The number of halogens is 1. The van der Waals surface area contributed by atoms with Gasteiger partial charge in [-0.1, -0.05) is 48.0 Å². The molecule has 2 amide bonds. The Morgan fingerprint density at radius 1 is 1.18 bits per heavy atom. The van der Waals surface area contributed by atoms with Crippen molar-refractivity contribution in [1.29, 1.82) is 0 Å². The standard InChI is InChI=1S/C25H28ClN3O4S/c1-15-28-20(14-34-15)17-9-7-16(8-10-17)13-27-24(32)22(30)23(31)25(33)29-11-3-6-21(29)18-4-2-5-19(26)12-18/h2,4-5,7-10,12,20-23,30-31H,3,6,11,13-14H2,1H3,(H,27,32)/t20?,21?,22-,23-/m1/s1. The molecule has 0 bridgehead atoms. The predicted octanol–water partition coefficient (Wildman–Crippen LogP) is 3.25. The van der Waals surface area contributed by atoms with E-state index in [1.165, 1.54) is 4.90 Å². The summed E-state index contributed by atoms with van der Waals surface area (Å²) in [6.07, 6.45) is -2.22. The first-order chi connectivity index (χ1) is 16.3. The number of benzene rings is 2. The topological polar surface area (TPSA) is 102 Å². The maximum atomic E-state index is 12.9. The lowest BCUT2D eigenvalue weighted by atomic mass is 10.0. The number of hydrogen-bond acceptors (Lipinski definition) is 6. The van der Waals surface area contributed by atoms with E-state index >= 15 is 0 Å². The quantitative estimate of drug-likeness (QED) is 0.540. The molecule has 3 N–H and O–H groups in total. The fourth-order valence-electron chi connectivity index (χ4n) is 4.35. The van der Waals surface area contributed by atoms with Gasteiger partial charge < -0.3 is 20.4 Å². The number of nitrogens with zero attached hydrogens (tertiary/aromatic N) is 2. The van der Waals surface area contributed by atoms with Crippen molar-refractivity contribution < 1.29 is 19.8 Å². The van der Waals surface area contributed by atoms with Crippen LogP contribution in [0.15, 0.2) is 53.5 Å². The van der Waals surface area contributed by atoms with Crippen molar-refractivity contribution in [2.45, 2.75) is 50.6 Å². The monoisotopic (exact) mass is 501 g/mol. The summed E-state index contributed by atoms with van der Waals surface area (Å²) in [5, 5.41) is 25.1. The molecule has 0 aliphatic carbocycles. The Kier molecular flexibility index (Phi) is 7.93. The molecule has 34 heavy (non-hydrogen) atoms. The lowest BCUT2D eigenvalue weighted by Crippen LogP contribution is -2.50. The summed E-state index contributed by atoms with van der Waals surface area (Å²) >= 11 is 7.83. The Labute approximate surface area is 208 Å². The molecule has 2 aromatic rings. The van der Waals surface area contributed by atoms with Crippen LogP contribution in [-0.4, -0.2) is 56.5 Å². The highest BCUT2D eigenvalue weighted by atomic mass is 35.5. The van der Waals surface area contributed by atoms with Gasteiger partial charge in [0.1, 0.15) is 0 Å². The lowest BCUT2D eigenvalue weighted by molar-refractivity contribution is -0.153. The highest BCUT2D eigenvalue weighted by Crippen LogP contribution is 2.34. The van der Waals surface area contributed by atoms with Crippen molar-refractivity contribution in [2.24, 2.45) is 4.99 Å². The Bertz CT molecular complexity index is 1080. The van der Waals surface area contributed by atoms with Crippen LogP contribution < -0.4 is 5.32 Å². The fourth-order valence-corrected chi connectivity index (χ4v) is 5.42. The van der Waals surface area contributed by atoms with Crippen LogP contribution in [0, 0.1) is 0 Å². The summed E-state index contributed by atoms with van der Waals surface area (Å²) in [6, 6.07) is 14.9. The van der Waals surface area contributed by atoms with Gasteiger partial charge in [0.05, 0.1) is 17.1 Å². The number of carbonyl (C=O) groups excluding carboxylic acids is 2. The van der Waals surface area contributed by atoms with Crippen LogP contribution in [0.4, 0.5) is 0 Å². The molecule has 0 aromatic heterocycles. The first-order valence-corrected chi connectivity index (χ1v) is 12.7. The summed E-state index contributed by atoms with van der Waals surface area (Å²) in [5.74, 6) is -0.537. The number of thioether (sulfide) groups is 1. The zero-order chi connectivity index (χ0) is 24.2. The first-order valence-electron chi connectivity index (χ1n) is 11.3. The number of hydrogen-bond donors (Lipinski definition) is 3. The van der Waals surface area contributed by atoms with Gasteiger partial charge in [-0.15, -0.1) is 11.8 Å². The first kappa shape index (κ1) is 24.7. The van der Waals surface area contributed by atoms with Gasteiger partial charge in [0.25, 0.3) is 11.8 Å². The summed E-state index contributed by atoms with van der Waals surface area (Å²) < 4.78 is 0. The molecule has 2 aromatic carbocycles. The number of aliphatic imine (C=N–C) groups is 1. The van der Waals surface area contributed by atoms with Gasteiger partial charge in [-0.2, -0.15) is 0 Å². The van der Waals surface area contributed by atoms with Crippen molar-refractivity contribution in [2.75, 3.05) is 12.3 Å². The van der Waals surface area contributed by atoms with Gasteiger partial charge >= 0.3 is 0 Å². The smallest absolute Gasteiger partial charge is 0.255 e. The lowest BCUT2D eigenvalue weighted by Gasteiger charge is -2.28. The molecule has 180 valence electrons. The van der Waals surface area contributed by atoms with Crippen molar-refractivity contribution in [3.63, 3.8) is 0 Å². The molecule has 2 aliphatic heterocycles. The molecule has 1 saturated heterocycles. The minimum atomic E-state index is -1.86. The molecule has 7 nitrogen and oxygen atoms in total. The number of carbonyl (C=O) groups is 2. The van der Waals surface area contributed by atoms with Gasteiger partial charge in [0.2, 0.25) is 0 Å². The van der Waals surface area contributed by atoms with E-state index in [0.717, 1.165) is 40.3 Å². The Morgan fingerprint density at radius 3 is 2.62 bits per heavy atom. The number of aliphatic hydroxyl groups is 2. The molecular formula is C25H28ClN3O4S. The second kappa shape index (κ2) is 10.9. The van der Waals surface area contributed by atoms with E-state index in [0.29, 0.717) is 11.6 Å². The highest BCUT2D eigenvalue weighted by Gasteiger charge is 2.38. The normalized spacial score (nSPS) is 21.8. The minimum Gasteiger partial charge on any atom is -0.380 e. The number of aliphatic hydroxyl groups excluding tert-OH is 2. The van der Waals surface area contributed by atoms with Crippen LogP contribution in [-0.2, 0) is 16.1 Å². The number of likely N-dealkylation sites (tertiary alicyclic amines) is 1. The van der Waals surface area contributed by atoms with Gasteiger partial charge in [0, 0.05) is 23.9 Å². The predicted molar refractivity (Wildman–Crippen MR) is 134 cm³/mol. The zero-order valence-corrected chi connectivity index (χ0v) is 20.4. The van der Waals surface area contributed by atoms with Gasteiger partial charge in [-0.3, -0.25) is 14.6 Å². The summed E-state index contributed by atoms with van der Waals surface area (Å²) in [5.41, 5.74) is 2.82. The van der Waals surface area contributed by atoms with E-state index in [-0.39, 0.29) is 18.6 Å². The van der Waals surface area contributed by atoms with Gasteiger partial charge in [0.15, 0.2) is 12.2 Å². The number of rotatable bonds is 7. The largest absolute Gasteiger partial charge is 0.380 e. The molecule has 0 saturated carbocycles. The van der Waals surface area contributed by atoms with E-state index in [1.54, 1.807) is 23.9 Å². The van der Waals surface area contributed by atoms with Crippen LogP contribution in [0.3, 0.4) is 0 Å². The van der Waals surface area contributed by atoms with Crippen molar-refractivity contribution in [1.82, 2.24) is 10.2 Å². The minimum absolute atomic E-state index is 0.151. The second-order valence-corrected chi connectivity index (χ2v) is 10.2. The average Bonchev–Trinajstić information content (AvgIpc) is 3.51. The molecule has 2 aliphatic rings. The third-order valence-corrected chi connectivity index (χ3v) is 7.45. The van der Waals surface area contributed by atoms with Crippen molar-refractivity contribution in [3.8, 4) is 0 Å². The molecule has 0 spiro atoms. The molecule has 1 fully saturated rings. The Hall–Kier alpha value is -2.39. The fraction of sp³-hybridized carbons (Fsp3) is 0.400. The van der Waals surface area contributed by atoms with Crippen LogP contribution >= 0.6 is 23.4 Å². The maximum Gasteiger partial charge on any atom is 0.255 e. The van der Waals surface area contributed by atoms with Crippen molar-refractivity contribution >= 4 is 40.2 Å². The van der Waals surface area contributed by atoms with E-state index in [2.05, 4.69) is 10.3 Å². The third kappa shape index (κ3) is 5.63. The molecule has 9 heteroatoms. The molecule has 0 radical (unpaired) electrons. The van der Waals surface area contributed by atoms with Gasteiger partial charge in [-0.25, -0.2) is 0 Å². The summed E-state index contributed by atoms with van der Waals surface area (Å²) in [4.78, 5) is 31.5. The van der Waals surface area contributed by atoms with E-state index < -0.39 is 24.0 Å². The Balaban J connectivity index is 1.32. The Morgan fingerprint density at radius 2 is 1.94 bits per heavy atom. The van der Waals surface area contributed by atoms with Gasteiger partial charge in [-0.05, 0) is 48.6 Å². The summed E-state index contributed by atoms with van der Waals surface area (Å²) in [6.45, 7) is 2.62. The van der Waals surface area contributed by atoms with E-state index in [9.17, 15) is 19.8 Å². The third-order valence-electron chi connectivity index (χ3n) is 6.21. The second-order valence-electron chi connectivity index (χ2n) is 8.57. The molecule has 4 atom stereocenters. The SMILES string of the molecule is CC1=NC(c2ccc(CNC(=O)[C@H](O)[C@@H](O)C(=O)N3CCCC3c3cccc(Cl)c3)cc2)CS1.